The van der Waals surface area contributed by atoms with Crippen LogP contribution in [-0.4, -0.2) is 24.2 Å². The molecule has 0 rings (SSSR count). The molecule has 0 radical (unpaired) electrons. The van der Waals surface area contributed by atoms with Crippen LogP contribution in [-0.2, 0) is 9.59 Å². The van der Waals surface area contributed by atoms with E-state index < -0.39 is 0 Å². The SMILES string of the molecule is CCN[C@@H](CC(C)C)C(=O)C(C)=O. The Labute approximate surface area is 79.9 Å². The van der Waals surface area contributed by atoms with Crippen LogP contribution in [0.4, 0.5) is 0 Å². The molecule has 0 aromatic heterocycles. The molecule has 0 saturated heterocycles. The Bertz CT molecular complexity index is 187. The summed E-state index contributed by atoms with van der Waals surface area (Å²) in [6.45, 7) is 8.06. The number of ketones is 2. The number of carbonyl (C=O) groups is 2. The number of carbonyl (C=O) groups excluding carboxylic acids is 2. The van der Waals surface area contributed by atoms with E-state index in [0.29, 0.717) is 5.92 Å². The zero-order chi connectivity index (χ0) is 10.4. The number of nitrogens with one attached hydrogen (secondary N) is 1. The highest BCUT2D eigenvalue weighted by molar-refractivity contribution is 6.38. The van der Waals surface area contributed by atoms with Crippen LogP contribution >= 0.6 is 0 Å². The third kappa shape index (κ3) is 4.78. The smallest absolute Gasteiger partial charge is 0.214 e. The predicted molar refractivity (Wildman–Crippen MR) is 52.6 cm³/mol. The molecule has 3 nitrogen and oxygen atoms in total. The molecule has 0 heterocycles. The van der Waals surface area contributed by atoms with Gasteiger partial charge in [0.2, 0.25) is 5.78 Å². The molecule has 0 spiro atoms. The molecule has 0 fully saturated rings. The largest absolute Gasteiger partial charge is 0.307 e. The third-order valence-electron chi connectivity index (χ3n) is 1.82. The van der Waals surface area contributed by atoms with Gasteiger partial charge in [-0.2, -0.15) is 0 Å². The number of hydrogen-bond donors (Lipinski definition) is 1. The first kappa shape index (κ1) is 12.3. The fourth-order valence-corrected chi connectivity index (χ4v) is 1.25. The Hall–Kier alpha value is -0.700. The maximum absolute atomic E-state index is 11.4. The van der Waals surface area contributed by atoms with Gasteiger partial charge in [-0.25, -0.2) is 0 Å². The van der Waals surface area contributed by atoms with Crippen LogP contribution in [0.15, 0.2) is 0 Å². The molecule has 1 N–H and O–H groups in total. The highest BCUT2D eigenvalue weighted by atomic mass is 16.2. The van der Waals surface area contributed by atoms with E-state index >= 15 is 0 Å². The first-order chi connectivity index (χ1) is 5.99. The maximum atomic E-state index is 11.4. The lowest BCUT2D eigenvalue weighted by atomic mass is 9.98. The molecule has 3 heteroatoms. The van der Waals surface area contributed by atoms with Gasteiger partial charge in [0.1, 0.15) is 0 Å². The summed E-state index contributed by atoms with van der Waals surface area (Å²) in [4.78, 5) is 22.2. The monoisotopic (exact) mass is 185 g/mol. The minimum atomic E-state index is -0.355. The van der Waals surface area contributed by atoms with E-state index in [9.17, 15) is 9.59 Å². The molecule has 13 heavy (non-hydrogen) atoms. The summed E-state index contributed by atoms with van der Waals surface area (Å²) < 4.78 is 0. The lowest BCUT2D eigenvalue weighted by Gasteiger charge is -2.16. The molecule has 0 unspecified atom stereocenters. The van der Waals surface area contributed by atoms with Crippen LogP contribution in [0.2, 0.25) is 0 Å². The van der Waals surface area contributed by atoms with Crippen molar-refractivity contribution in [2.45, 2.75) is 40.2 Å². The second-order valence-electron chi connectivity index (χ2n) is 3.66. The summed E-state index contributed by atoms with van der Waals surface area (Å²) in [6, 6.07) is -0.289. The fourth-order valence-electron chi connectivity index (χ4n) is 1.25. The van der Waals surface area contributed by atoms with E-state index in [1.165, 1.54) is 6.92 Å². The number of hydrogen-bond acceptors (Lipinski definition) is 3. The van der Waals surface area contributed by atoms with Gasteiger partial charge in [0.25, 0.3) is 0 Å². The molecular formula is C10H19NO2. The molecule has 0 saturated carbocycles. The van der Waals surface area contributed by atoms with Crippen molar-refractivity contribution in [3.63, 3.8) is 0 Å². The first-order valence-electron chi connectivity index (χ1n) is 4.77. The van der Waals surface area contributed by atoms with Crippen molar-refractivity contribution < 1.29 is 9.59 Å². The van der Waals surface area contributed by atoms with Crippen molar-refractivity contribution in [2.75, 3.05) is 6.54 Å². The van der Waals surface area contributed by atoms with Crippen molar-refractivity contribution in [3.05, 3.63) is 0 Å². The summed E-state index contributed by atoms with van der Waals surface area (Å²) in [5.41, 5.74) is 0. The molecule has 0 aliphatic carbocycles. The van der Waals surface area contributed by atoms with Gasteiger partial charge in [-0.1, -0.05) is 20.8 Å². The van der Waals surface area contributed by atoms with Gasteiger partial charge >= 0.3 is 0 Å². The summed E-state index contributed by atoms with van der Waals surface area (Å²) in [6.07, 6.45) is 0.728. The minimum Gasteiger partial charge on any atom is -0.307 e. The quantitative estimate of drug-likeness (QED) is 0.632. The molecule has 1 atom stereocenters. The van der Waals surface area contributed by atoms with E-state index in [1.807, 2.05) is 20.8 Å². The highest BCUT2D eigenvalue weighted by Gasteiger charge is 2.21. The van der Waals surface area contributed by atoms with Crippen molar-refractivity contribution in [2.24, 2.45) is 5.92 Å². The van der Waals surface area contributed by atoms with Crippen LogP contribution in [0.25, 0.3) is 0 Å². The summed E-state index contributed by atoms with van der Waals surface area (Å²) >= 11 is 0. The Kier molecular flexibility index (Phi) is 5.55. The summed E-state index contributed by atoms with van der Waals surface area (Å²) in [5.74, 6) is -0.227. The molecule has 0 aromatic rings. The van der Waals surface area contributed by atoms with Crippen molar-refractivity contribution in [1.82, 2.24) is 5.32 Å². The minimum absolute atomic E-state index is 0.289. The van der Waals surface area contributed by atoms with E-state index in [-0.39, 0.29) is 17.6 Å². The van der Waals surface area contributed by atoms with Gasteiger partial charge in [0, 0.05) is 6.92 Å². The third-order valence-corrected chi connectivity index (χ3v) is 1.82. The van der Waals surface area contributed by atoms with Crippen molar-refractivity contribution in [3.8, 4) is 0 Å². The van der Waals surface area contributed by atoms with Gasteiger partial charge in [-0.05, 0) is 18.9 Å². The molecule has 0 aromatic carbocycles. The van der Waals surface area contributed by atoms with Crippen LogP contribution in [0.1, 0.15) is 34.1 Å². The van der Waals surface area contributed by atoms with Crippen LogP contribution in [0.3, 0.4) is 0 Å². The van der Waals surface area contributed by atoms with Crippen LogP contribution in [0, 0.1) is 5.92 Å². The zero-order valence-electron chi connectivity index (χ0n) is 8.89. The van der Waals surface area contributed by atoms with Crippen molar-refractivity contribution in [1.29, 1.82) is 0 Å². The topological polar surface area (TPSA) is 46.2 Å². The Balaban J connectivity index is 4.23. The van der Waals surface area contributed by atoms with E-state index in [2.05, 4.69) is 5.32 Å². The second kappa shape index (κ2) is 5.86. The van der Waals surface area contributed by atoms with Crippen LogP contribution < -0.4 is 5.32 Å². The first-order valence-corrected chi connectivity index (χ1v) is 4.77. The standard InChI is InChI=1S/C10H19NO2/c1-5-11-9(6-7(2)3)10(13)8(4)12/h7,9,11H,5-6H2,1-4H3/t9-/m0/s1. The van der Waals surface area contributed by atoms with E-state index in [1.54, 1.807) is 0 Å². The average Bonchev–Trinajstić information content (AvgIpc) is 2.01. The van der Waals surface area contributed by atoms with Gasteiger partial charge < -0.3 is 5.32 Å². The number of likely N-dealkylation sites (N-methyl/N-ethyl adjacent to an activating group) is 1. The molecule has 0 aliphatic heterocycles. The molecule has 76 valence electrons. The lowest BCUT2D eigenvalue weighted by Crippen LogP contribution is -2.40. The molecular weight excluding hydrogens is 166 g/mol. The van der Waals surface area contributed by atoms with Gasteiger partial charge in [-0.15, -0.1) is 0 Å². The summed E-state index contributed by atoms with van der Waals surface area (Å²) in [7, 11) is 0. The number of Topliss-reactive ketones (excluding diaryl/α,β-unsaturated/α-hetero) is 2. The van der Waals surface area contributed by atoms with Gasteiger partial charge in [-0.3, -0.25) is 9.59 Å². The average molecular weight is 185 g/mol. The zero-order valence-corrected chi connectivity index (χ0v) is 8.89. The van der Waals surface area contributed by atoms with E-state index in [0.717, 1.165) is 13.0 Å². The highest BCUT2D eigenvalue weighted by Crippen LogP contribution is 2.05. The fraction of sp³-hybridized carbons (Fsp3) is 0.800. The maximum Gasteiger partial charge on any atom is 0.214 e. The number of rotatable bonds is 6. The Morgan fingerprint density at radius 3 is 2.15 bits per heavy atom. The normalized spacial score (nSPS) is 13.0. The lowest BCUT2D eigenvalue weighted by molar-refractivity contribution is -0.136. The Morgan fingerprint density at radius 2 is 1.85 bits per heavy atom. The summed E-state index contributed by atoms with van der Waals surface area (Å²) in [5, 5.41) is 3.02. The second-order valence-corrected chi connectivity index (χ2v) is 3.66. The van der Waals surface area contributed by atoms with Crippen molar-refractivity contribution >= 4 is 11.6 Å². The molecule has 0 bridgehead atoms. The van der Waals surface area contributed by atoms with Crippen LogP contribution in [0.5, 0.6) is 0 Å². The van der Waals surface area contributed by atoms with E-state index in [4.69, 9.17) is 0 Å². The van der Waals surface area contributed by atoms with Gasteiger partial charge in [0.05, 0.1) is 6.04 Å². The predicted octanol–water partition coefficient (Wildman–Crippen LogP) is 1.17. The Morgan fingerprint density at radius 1 is 1.31 bits per heavy atom. The molecule has 0 amide bonds. The van der Waals surface area contributed by atoms with Gasteiger partial charge in [0.15, 0.2) is 5.78 Å². The molecule has 0 aliphatic rings.